The molecule has 7 nitrogen and oxygen atoms in total. The number of pyridine rings is 1. The van der Waals surface area contributed by atoms with Gasteiger partial charge in [0.1, 0.15) is 11.4 Å². The molecule has 116 valence electrons. The predicted octanol–water partition coefficient (Wildman–Crippen LogP) is 2.15. The van der Waals surface area contributed by atoms with E-state index < -0.39 is 17.1 Å². The third kappa shape index (κ3) is 2.59. The number of nitrogens with one attached hydrogen (secondary N) is 1. The van der Waals surface area contributed by atoms with Gasteiger partial charge in [0.25, 0.3) is 5.56 Å². The van der Waals surface area contributed by atoms with Crippen molar-refractivity contribution in [3.05, 3.63) is 64.1 Å². The molecule has 2 heterocycles. The highest BCUT2D eigenvalue weighted by Gasteiger charge is 2.20. The highest BCUT2D eigenvalue weighted by molar-refractivity contribution is 5.94. The zero-order valence-corrected chi connectivity index (χ0v) is 12.1. The summed E-state index contributed by atoms with van der Waals surface area (Å²) in [5.74, 6) is -1.32. The first-order chi connectivity index (χ1) is 11.0. The maximum absolute atomic E-state index is 12.4. The van der Waals surface area contributed by atoms with Gasteiger partial charge in [-0.25, -0.2) is 9.78 Å². The number of carboxylic acid groups (broad SMARTS) is 1. The Morgan fingerprint density at radius 2 is 1.91 bits per heavy atom. The van der Waals surface area contributed by atoms with Gasteiger partial charge in [-0.05, 0) is 42.8 Å². The fraction of sp³-hybridized carbons (Fsp3) is 0.0625. The van der Waals surface area contributed by atoms with E-state index in [0.717, 1.165) is 5.56 Å². The molecule has 0 saturated carbocycles. The number of aryl methyl sites for hydroxylation is 1. The Morgan fingerprint density at radius 3 is 2.57 bits per heavy atom. The van der Waals surface area contributed by atoms with Crippen molar-refractivity contribution in [1.29, 1.82) is 0 Å². The first kappa shape index (κ1) is 14.6. The zero-order valence-electron chi connectivity index (χ0n) is 12.1. The molecule has 0 bridgehead atoms. The molecule has 3 rings (SSSR count). The van der Waals surface area contributed by atoms with Crippen LogP contribution in [0, 0.1) is 6.92 Å². The highest BCUT2D eigenvalue weighted by Crippen LogP contribution is 2.20. The Balaban J connectivity index is 2.24. The summed E-state index contributed by atoms with van der Waals surface area (Å²) in [5, 5.41) is 21.5. The molecule has 2 aromatic heterocycles. The van der Waals surface area contributed by atoms with Crippen LogP contribution in [0.4, 0.5) is 11.5 Å². The summed E-state index contributed by atoms with van der Waals surface area (Å²) < 4.78 is 1.21. The molecule has 0 aliphatic carbocycles. The lowest BCUT2D eigenvalue weighted by Crippen LogP contribution is -2.25. The molecule has 0 aliphatic heterocycles. The van der Waals surface area contributed by atoms with Crippen LogP contribution in [0.25, 0.3) is 5.65 Å². The van der Waals surface area contributed by atoms with E-state index in [4.69, 9.17) is 0 Å². The van der Waals surface area contributed by atoms with Gasteiger partial charge < -0.3 is 15.5 Å². The van der Waals surface area contributed by atoms with Gasteiger partial charge in [0.05, 0.1) is 0 Å². The van der Waals surface area contributed by atoms with Crippen LogP contribution in [0.1, 0.15) is 15.9 Å². The second-order valence-electron chi connectivity index (χ2n) is 5.00. The number of aromatic hydroxyl groups is 1. The second-order valence-corrected chi connectivity index (χ2v) is 5.00. The number of fused-ring (bicyclic) bond motifs is 1. The lowest BCUT2D eigenvalue weighted by atomic mass is 10.2. The summed E-state index contributed by atoms with van der Waals surface area (Å²) in [6.45, 7) is 1.78. The van der Waals surface area contributed by atoms with Crippen molar-refractivity contribution in [3.63, 3.8) is 0 Å². The number of phenols is 1. The summed E-state index contributed by atoms with van der Waals surface area (Å²) in [4.78, 5) is 28.2. The quantitative estimate of drug-likeness (QED) is 0.640. The minimum atomic E-state index is -1.36. The van der Waals surface area contributed by atoms with E-state index >= 15 is 0 Å². The first-order valence-electron chi connectivity index (χ1n) is 6.78. The van der Waals surface area contributed by atoms with Gasteiger partial charge in [0.2, 0.25) is 0 Å². The molecular weight excluding hydrogens is 298 g/mol. The van der Waals surface area contributed by atoms with Gasteiger partial charge in [-0.3, -0.25) is 9.20 Å². The average Bonchev–Trinajstić information content (AvgIpc) is 2.50. The third-order valence-electron chi connectivity index (χ3n) is 3.39. The average molecular weight is 311 g/mol. The molecule has 0 amide bonds. The first-order valence-corrected chi connectivity index (χ1v) is 6.78. The molecule has 0 radical (unpaired) electrons. The molecule has 7 heteroatoms. The van der Waals surface area contributed by atoms with Crippen molar-refractivity contribution in [2.45, 2.75) is 6.92 Å². The smallest absolute Gasteiger partial charge is 0.345 e. The number of benzene rings is 1. The number of anilines is 2. The Kier molecular flexibility index (Phi) is 3.46. The van der Waals surface area contributed by atoms with E-state index in [1.54, 1.807) is 31.2 Å². The molecule has 0 unspecified atom stereocenters. The lowest BCUT2D eigenvalue weighted by molar-refractivity contribution is 0.0695. The van der Waals surface area contributed by atoms with Crippen LogP contribution in [0.5, 0.6) is 5.75 Å². The van der Waals surface area contributed by atoms with Crippen LogP contribution in [0.3, 0.4) is 0 Å². The third-order valence-corrected chi connectivity index (χ3v) is 3.39. The van der Waals surface area contributed by atoms with Crippen LogP contribution in [0.2, 0.25) is 0 Å². The lowest BCUT2D eigenvalue weighted by Gasteiger charge is -2.11. The minimum absolute atomic E-state index is 0.0394. The highest BCUT2D eigenvalue weighted by atomic mass is 16.4. The summed E-state index contributed by atoms with van der Waals surface area (Å²) >= 11 is 0. The van der Waals surface area contributed by atoms with E-state index in [1.807, 2.05) is 0 Å². The van der Waals surface area contributed by atoms with Gasteiger partial charge >= 0.3 is 5.97 Å². The molecule has 0 saturated heterocycles. The monoisotopic (exact) mass is 311 g/mol. The molecule has 0 atom stereocenters. The molecule has 0 aliphatic rings. The van der Waals surface area contributed by atoms with Gasteiger partial charge in [-0.1, -0.05) is 6.07 Å². The summed E-state index contributed by atoms with van der Waals surface area (Å²) in [5.41, 5.74) is 0.530. The molecule has 3 N–H and O–H groups in total. The fourth-order valence-electron chi connectivity index (χ4n) is 2.26. The van der Waals surface area contributed by atoms with Crippen LogP contribution < -0.4 is 10.9 Å². The maximum atomic E-state index is 12.4. The molecule has 0 spiro atoms. The van der Waals surface area contributed by atoms with Crippen LogP contribution in [0.15, 0.2) is 47.4 Å². The Labute approximate surface area is 130 Å². The summed E-state index contributed by atoms with van der Waals surface area (Å²) in [7, 11) is 0. The van der Waals surface area contributed by atoms with Gasteiger partial charge in [-0.15, -0.1) is 0 Å². The number of aromatic carboxylic acids is 1. The zero-order chi connectivity index (χ0) is 16.6. The van der Waals surface area contributed by atoms with Crippen molar-refractivity contribution in [3.8, 4) is 5.75 Å². The van der Waals surface area contributed by atoms with E-state index in [9.17, 15) is 19.8 Å². The second kappa shape index (κ2) is 5.45. The molecule has 23 heavy (non-hydrogen) atoms. The Bertz CT molecular complexity index is 961. The number of carboxylic acids is 1. The summed E-state index contributed by atoms with van der Waals surface area (Å²) in [6, 6.07) is 9.45. The maximum Gasteiger partial charge on any atom is 0.345 e. The Morgan fingerprint density at radius 1 is 1.22 bits per heavy atom. The molecule has 3 aromatic rings. The number of rotatable bonds is 3. The van der Waals surface area contributed by atoms with Crippen molar-refractivity contribution >= 4 is 23.1 Å². The topological polar surface area (TPSA) is 104 Å². The standard InChI is InChI=1S/C16H13N3O4/c1-9-3-2-8-19-14(9)18-13(12(15(19)21)16(22)23)17-10-4-6-11(20)7-5-10/h2-8,17,20H,1H3,(H,22,23). The van der Waals surface area contributed by atoms with Crippen LogP contribution in [-0.2, 0) is 0 Å². The summed E-state index contributed by atoms with van der Waals surface area (Å²) in [6.07, 6.45) is 1.48. The molecule has 0 fully saturated rings. The van der Waals surface area contributed by atoms with E-state index in [-0.39, 0.29) is 11.6 Å². The van der Waals surface area contributed by atoms with Crippen LogP contribution in [-0.4, -0.2) is 25.6 Å². The van der Waals surface area contributed by atoms with E-state index in [2.05, 4.69) is 10.3 Å². The van der Waals surface area contributed by atoms with E-state index in [1.165, 1.54) is 22.7 Å². The fourth-order valence-corrected chi connectivity index (χ4v) is 2.26. The number of aromatic nitrogens is 2. The van der Waals surface area contributed by atoms with Crippen molar-refractivity contribution in [1.82, 2.24) is 9.38 Å². The number of phenolic OH excluding ortho intramolecular Hbond substituents is 1. The number of hydrogen-bond acceptors (Lipinski definition) is 5. The van der Waals surface area contributed by atoms with Crippen molar-refractivity contribution < 1.29 is 15.0 Å². The van der Waals surface area contributed by atoms with Gasteiger partial charge in [0.15, 0.2) is 11.4 Å². The SMILES string of the molecule is Cc1cccn2c(=O)c(C(=O)O)c(Nc3ccc(O)cc3)nc12. The molecule has 1 aromatic carbocycles. The van der Waals surface area contributed by atoms with E-state index in [0.29, 0.717) is 11.3 Å². The number of nitrogens with zero attached hydrogens (tertiary/aromatic N) is 2. The number of hydrogen-bond donors (Lipinski definition) is 3. The minimum Gasteiger partial charge on any atom is -0.508 e. The predicted molar refractivity (Wildman–Crippen MR) is 84.5 cm³/mol. The van der Waals surface area contributed by atoms with Gasteiger partial charge in [0, 0.05) is 11.9 Å². The van der Waals surface area contributed by atoms with Crippen LogP contribution >= 0.6 is 0 Å². The number of carbonyl (C=O) groups is 1. The van der Waals surface area contributed by atoms with Gasteiger partial charge in [-0.2, -0.15) is 0 Å². The van der Waals surface area contributed by atoms with Crippen molar-refractivity contribution in [2.24, 2.45) is 0 Å². The normalized spacial score (nSPS) is 10.7. The largest absolute Gasteiger partial charge is 0.508 e. The molecular formula is C16H13N3O4. The Hall–Kier alpha value is -3.35. The van der Waals surface area contributed by atoms with Crippen molar-refractivity contribution in [2.75, 3.05) is 5.32 Å².